The van der Waals surface area contributed by atoms with Crippen molar-refractivity contribution < 1.29 is 14.3 Å². The van der Waals surface area contributed by atoms with E-state index in [4.69, 9.17) is 0 Å². The third-order valence-electron chi connectivity index (χ3n) is 3.35. The lowest BCUT2D eigenvalue weighted by Crippen LogP contribution is -2.35. The van der Waals surface area contributed by atoms with Gasteiger partial charge in [0.25, 0.3) is 5.56 Å². The number of esters is 1. The van der Waals surface area contributed by atoms with Crippen LogP contribution in [-0.4, -0.2) is 23.6 Å². The summed E-state index contributed by atoms with van der Waals surface area (Å²) in [5, 5.41) is 2.77. The van der Waals surface area contributed by atoms with E-state index in [1.54, 1.807) is 18.3 Å². The second-order valence-electron chi connectivity index (χ2n) is 4.98. The summed E-state index contributed by atoms with van der Waals surface area (Å²) in [5.41, 5.74) is 0.540. The molecule has 0 saturated heterocycles. The van der Waals surface area contributed by atoms with Crippen molar-refractivity contribution in [1.82, 2.24) is 9.88 Å². The quantitative estimate of drug-likeness (QED) is 0.815. The highest BCUT2D eigenvalue weighted by molar-refractivity contribution is 5.78. The molecule has 0 radical (unpaired) electrons. The van der Waals surface area contributed by atoms with Crippen molar-refractivity contribution >= 4 is 11.9 Å². The van der Waals surface area contributed by atoms with Crippen LogP contribution in [-0.2, 0) is 20.9 Å². The molecule has 2 rings (SSSR count). The summed E-state index contributed by atoms with van der Waals surface area (Å²) >= 11 is 0. The van der Waals surface area contributed by atoms with Crippen LogP contribution in [0.2, 0.25) is 0 Å². The smallest absolute Gasteiger partial charge is 0.307 e. The zero-order valence-corrected chi connectivity index (χ0v) is 12.8. The number of benzene rings is 1. The number of rotatable bonds is 6. The first-order chi connectivity index (χ1) is 11.1. The SMILES string of the molecule is COC(=O)CC(NC(=O)Cn1ccccc1=O)c1ccccc1. The van der Waals surface area contributed by atoms with Crippen LogP contribution in [0, 0.1) is 0 Å². The first-order valence-corrected chi connectivity index (χ1v) is 7.16. The molecule has 1 atom stereocenters. The minimum absolute atomic E-state index is 0.0238. The van der Waals surface area contributed by atoms with Gasteiger partial charge < -0.3 is 14.6 Å². The molecule has 1 N–H and O–H groups in total. The van der Waals surface area contributed by atoms with Crippen molar-refractivity contribution in [2.45, 2.75) is 19.0 Å². The van der Waals surface area contributed by atoms with Gasteiger partial charge in [0.2, 0.25) is 5.91 Å². The van der Waals surface area contributed by atoms with E-state index in [1.807, 2.05) is 30.3 Å². The lowest BCUT2D eigenvalue weighted by molar-refractivity contribution is -0.141. The van der Waals surface area contributed by atoms with Crippen molar-refractivity contribution in [3.05, 3.63) is 70.6 Å². The summed E-state index contributed by atoms with van der Waals surface area (Å²) in [4.78, 5) is 35.4. The molecule has 0 spiro atoms. The molecule has 0 saturated carbocycles. The molecule has 2 aromatic rings. The molecule has 0 fully saturated rings. The van der Waals surface area contributed by atoms with E-state index in [0.717, 1.165) is 5.56 Å². The number of nitrogens with zero attached hydrogens (tertiary/aromatic N) is 1. The standard InChI is InChI=1S/C17H18N2O4/c1-23-17(22)11-14(13-7-3-2-4-8-13)18-15(20)12-19-10-6-5-9-16(19)21/h2-10,14H,11-12H2,1H3,(H,18,20). The van der Waals surface area contributed by atoms with E-state index in [9.17, 15) is 14.4 Å². The van der Waals surface area contributed by atoms with Crippen LogP contribution in [0.3, 0.4) is 0 Å². The van der Waals surface area contributed by atoms with Gasteiger partial charge in [-0.3, -0.25) is 14.4 Å². The minimum Gasteiger partial charge on any atom is -0.469 e. The Morgan fingerprint density at radius 1 is 1.13 bits per heavy atom. The van der Waals surface area contributed by atoms with E-state index >= 15 is 0 Å². The van der Waals surface area contributed by atoms with E-state index in [2.05, 4.69) is 10.1 Å². The van der Waals surface area contributed by atoms with Crippen LogP contribution in [0.4, 0.5) is 0 Å². The van der Waals surface area contributed by atoms with Crippen LogP contribution in [0.15, 0.2) is 59.5 Å². The molecule has 0 bridgehead atoms. The number of methoxy groups -OCH3 is 1. The van der Waals surface area contributed by atoms with Crippen molar-refractivity contribution in [3.63, 3.8) is 0 Å². The topological polar surface area (TPSA) is 77.4 Å². The van der Waals surface area contributed by atoms with Gasteiger partial charge in [-0.25, -0.2) is 0 Å². The number of carbonyl (C=O) groups is 2. The molecule has 120 valence electrons. The monoisotopic (exact) mass is 314 g/mol. The molecule has 23 heavy (non-hydrogen) atoms. The van der Waals surface area contributed by atoms with Gasteiger partial charge in [0.05, 0.1) is 19.6 Å². The predicted molar refractivity (Wildman–Crippen MR) is 84.7 cm³/mol. The molecule has 6 heteroatoms. The van der Waals surface area contributed by atoms with Crippen LogP contribution in [0.25, 0.3) is 0 Å². The van der Waals surface area contributed by atoms with Crippen LogP contribution in [0.5, 0.6) is 0 Å². The molecule has 0 aliphatic carbocycles. The van der Waals surface area contributed by atoms with Gasteiger partial charge in [0, 0.05) is 12.3 Å². The second kappa shape index (κ2) is 7.93. The summed E-state index contributed by atoms with van der Waals surface area (Å²) < 4.78 is 5.98. The number of hydrogen-bond donors (Lipinski definition) is 1. The largest absolute Gasteiger partial charge is 0.469 e. The molecule has 0 aliphatic heterocycles. The Morgan fingerprint density at radius 2 is 1.83 bits per heavy atom. The third kappa shape index (κ3) is 4.81. The highest BCUT2D eigenvalue weighted by atomic mass is 16.5. The Morgan fingerprint density at radius 3 is 2.48 bits per heavy atom. The Balaban J connectivity index is 2.11. The highest BCUT2D eigenvalue weighted by Gasteiger charge is 2.19. The highest BCUT2D eigenvalue weighted by Crippen LogP contribution is 2.17. The van der Waals surface area contributed by atoms with Gasteiger partial charge in [-0.15, -0.1) is 0 Å². The Labute approximate surface area is 133 Å². The average Bonchev–Trinajstić information content (AvgIpc) is 2.57. The maximum atomic E-state index is 12.2. The number of carbonyl (C=O) groups excluding carboxylic acids is 2. The minimum atomic E-state index is -0.504. The summed E-state index contributed by atoms with van der Waals surface area (Å²) in [6.45, 7) is -0.107. The fourth-order valence-corrected chi connectivity index (χ4v) is 2.17. The first kappa shape index (κ1) is 16.5. The fourth-order valence-electron chi connectivity index (χ4n) is 2.17. The van der Waals surface area contributed by atoms with E-state index in [1.165, 1.54) is 17.7 Å². The maximum Gasteiger partial charge on any atom is 0.307 e. The normalized spacial score (nSPS) is 11.5. The van der Waals surface area contributed by atoms with Crippen molar-refractivity contribution in [3.8, 4) is 0 Å². The Bertz CT molecular complexity index is 725. The maximum absolute atomic E-state index is 12.2. The number of pyridine rings is 1. The zero-order valence-electron chi connectivity index (χ0n) is 12.8. The molecule has 1 aromatic heterocycles. The number of amides is 1. The van der Waals surface area contributed by atoms with E-state index in [-0.39, 0.29) is 24.4 Å². The lowest BCUT2D eigenvalue weighted by Gasteiger charge is -2.18. The number of nitrogens with one attached hydrogen (secondary N) is 1. The Hall–Kier alpha value is -2.89. The molecular weight excluding hydrogens is 296 g/mol. The molecule has 1 amide bonds. The average molecular weight is 314 g/mol. The Kier molecular flexibility index (Phi) is 5.68. The van der Waals surface area contributed by atoms with Gasteiger partial charge in [0.1, 0.15) is 6.54 Å². The lowest BCUT2D eigenvalue weighted by atomic mass is 10.0. The zero-order chi connectivity index (χ0) is 16.7. The predicted octanol–water partition coefficient (Wildman–Crippen LogP) is 1.27. The number of hydrogen-bond acceptors (Lipinski definition) is 4. The van der Waals surface area contributed by atoms with Gasteiger partial charge >= 0.3 is 5.97 Å². The van der Waals surface area contributed by atoms with Crippen LogP contribution < -0.4 is 10.9 Å². The summed E-state index contributed by atoms with van der Waals surface area (Å²) in [7, 11) is 1.30. The molecule has 1 aromatic carbocycles. The van der Waals surface area contributed by atoms with Crippen molar-refractivity contribution in [1.29, 1.82) is 0 Å². The first-order valence-electron chi connectivity index (χ1n) is 7.16. The molecule has 1 heterocycles. The summed E-state index contributed by atoms with van der Waals surface area (Å²) in [5.74, 6) is -0.771. The fraction of sp³-hybridized carbons (Fsp3) is 0.235. The van der Waals surface area contributed by atoms with Crippen molar-refractivity contribution in [2.24, 2.45) is 0 Å². The van der Waals surface area contributed by atoms with Gasteiger partial charge in [0.15, 0.2) is 0 Å². The van der Waals surface area contributed by atoms with Gasteiger partial charge in [-0.2, -0.15) is 0 Å². The molecule has 1 unspecified atom stereocenters. The number of ether oxygens (including phenoxy) is 1. The molecule has 6 nitrogen and oxygen atoms in total. The summed E-state index contributed by atoms with van der Waals surface area (Å²) in [6.07, 6.45) is 1.57. The van der Waals surface area contributed by atoms with Crippen molar-refractivity contribution in [2.75, 3.05) is 7.11 Å². The molecular formula is C17H18N2O4. The third-order valence-corrected chi connectivity index (χ3v) is 3.35. The summed E-state index contributed by atoms with van der Waals surface area (Å²) in [6, 6.07) is 13.3. The number of aromatic nitrogens is 1. The van der Waals surface area contributed by atoms with E-state index in [0.29, 0.717) is 0 Å². The van der Waals surface area contributed by atoms with Gasteiger partial charge in [-0.05, 0) is 11.6 Å². The van der Waals surface area contributed by atoms with Crippen LogP contribution >= 0.6 is 0 Å². The van der Waals surface area contributed by atoms with Gasteiger partial charge in [-0.1, -0.05) is 36.4 Å². The second-order valence-corrected chi connectivity index (χ2v) is 4.98. The van der Waals surface area contributed by atoms with Crippen LogP contribution in [0.1, 0.15) is 18.0 Å². The van der Waals surface area contributed by atoms with E-state index < -0.39 is 12.0 Å². The molecule has 0 aliphatic rings.